The van der Waals surface area contributed by atoms with Crippen LogP contribution in [0.25, 0.3) is 11.4 Å². The largest absolute Gasteiger partial charge is 0.236 e. The van der Waals surface area contributed by atoms with E-state index in [1.165, 1.54) is 4.90 Å². The second-order valence-electron chi connectivity index (χ2n) is 2.93. The van der Waals surface area contributed by atoms with Crippen LogP contribution in [0.4, 0.5) is 0 Å². The zero-order valence-electron chi connectivity index (χ0n) is 8.14. The van der Waals surface area contributed by atoms with E-state index < -0.39 is 0 Å². The fourth-order valence-corrected chi connectivity index (χ4v) is 1.76. The van der Waals surface area contributed by atoms with Gasteiger partial charge in [0.05, 0.1) is 0 Å². The predicted octanol–water partition coefficient (Wildman–Crippen LogP) is 3.52. The van der Waals surface area contributed by atoms with Crippen molar-refractivity contribution in [3.63, 3.8) is 0 Å². The van der Waals surface area contributed by atoms with Crippen molar-refractivity contribution in [3.8, 4) is 11.4 Å². The maximum atomic E-state index is 5.80. The van der Waals surface area contributed by atoms with E-state index in [0.29, 0.717) is 11.0 Å². The standard InChI is InChI=1S/C11H9ClN2S/c1-15-9-4-2-8(3-5-9)11-13-7-6-10(12)14-11/h2-7H,1H3. The minimum Gasteiger partial charge on any atom is -0.236 e. The highest BCUT2D eigenvalue weighted by atomic mass is 35.5. The van der Waals surface area contributed by atoms with E-state index in [1.54, 1.807) is 24.0 Å². The molecule has 0 amide bonds. The third kappa shape index (κ3) is 2.49. The van der Waals surface area contributed by atoms with Gasteiger partial charge in [0.1, 0.15) is 5.15 Å². The van der Waals surface area contributed by atoms with Gasteiger partial charge in [-0.1, -0.05) is 23.7 Å². The first kappa shape index (κ1) is 10.5. The van der Waals surface area contributed by atoms with Crippen LogP contribution in [0.1, 0.15) is 0 Å². The summed E-state index contributed by atoms with van der Waals surface area (Å²) >= 11 is 7.51. The van der Waals surface area contributed by atoms with Crippen LogP contribution in [-0.2, 0) is 0 Å². The molecule has 1 aromatic heterocycles. The van der Waals surface area contributed by atoms with Gasteiger partial charge in [-0.25, -0.2) is 9.97 Å². The van der Waals surface area contributed by atoms with Crippen molar-refractivity contribution in [3.05, 3.63) is 41.7 Å². The summed E-state index contributed by atoms with van der Waals surface area (Å²) in [6.07, 6.45) is 3.71. The molecule has 0 fully saturated rings. The summed E-state index contributed by atoms with van der Waals surface area (Å²) in [5.74, 6) is 0.662. The highest BCUT2D eigenvalue weighted by molar-refractivity contribution is 7.98. The number of halogens is 1. The van der Waals surface area contributed by atoms with Crippen molar-refractivity contribution in [2.75, 3.05) is 6.26 Å². The van der Waals surface area contributed by atoms with E-state index in [4.69, 9.17) is 11.6 Å². The molecule has 0 aliphatic carbocycles. The van der Waals surface area contributed by atoms with Gasteiger partial charge in [0, 0.05) is 16.7 Å². The van der Waals surface area contributed by atoms with E-state index >= 15 is 0 Å². The summed E-state index contributed by atoms with van der Waals surface area (Å²) < 4.78 is 0. The zero-order valence-corrected chi connectivity index (χ0v) is 9.72. The zero-order chi connectivity index (χ0) is 10.7. The average Bonchev–Trinajstić information content (AvgIpc) is 2.29. The van der Waals surface area contributed by atoms with Crippen molar-refractivity contribution in [2.24, 2.45) is 0 Å². The van der Waals surface area contributed by atoms with Crippen LogP contribution >= 0.6 is 23.4 Å². The molecule has 0 saturated heterocycles. The molecular formula is C11H9ClN2S. The lowest BCUT2D eigenvalue weighted by Gasteiger charge is -2.01. The van der Waals surface area contributed by atoms with Gasteiger partial charge in [-0.05, 0) is 24.5 Å². The van der Waals surface area contributed by atoms with E-state index in [1.807, 2.05) is 30.5 Å². The first-order chi connectivity index (χ1) is 7.29. The lowest BCUT2D eigenvalue weighted by Crippen LogP contribution is -1.87. The Kier molecular flexibility index (Phi) is 3.23. The molecule has 4 heteroatoms. The van der Waals surface area contributed by atoms with E-state index in [0.717, 1.165) is 5.56 Å². The second kappa shape index (κ2) is 4.64. The second-order valence-corrected chi connectivity index (χ2v) is 4.20. The fourth-order valence-electron chi connectivity index (χ4n) is 1.22. The summed E-state index contributed by atoms with van der Waals surface area (Å²) in [5.41, 5.74) is 0.982. The molecule has 1 heterocycles. The number of aromatic nitrogens is 2. The number of hydrogen-bond donors (Lipinski definition) is 0. The minimum atomic E-state index is 0.467. The number of hydrogen-bond acceptors (Lipinski definition) is 3. The Balaban J connectivity index is 2.37. The van der Waals surface area contributed by atoms with Gasteiger partial charge < -0.3 is 0 Å². The summed E-state index contributed by atoms with van der Waals surface area (Å²) in [5, 5.41) is 0.467. The van der Waals surface area contributed by atoms with Crippen LogP contribution < -0.4 is 0 Å². The average molecular weight is 237 g/mol. The maximum Gasteiger partial charge on any atom is 0.160 e. The van der Waals surface area contributed by atoms with Crippen molar-refractivity contribution >= 4 is 23.4 Å². The Bertz CT molecular complexity index is 456. The van der Waals surface area contributed by atoms with E-state index in [9.17, 15) is 0 Å². The summed E-state index contributed by atoms with van der Waals surface area (Å²) in [6, 6.07) is 9.75. The Morgan fingerprint density at radius 1 is 1.13 bits per heavy atom. The Labute approximate surface area is 97.7 Å². The highest BCUT2D eigenvalue weighted by Crippen LogP contribution is 2.20. The topological polar surface area (TPSA) is 25.8 Å². The Morgan fingerprint density at radius 3 is 2.47 bits per heavy atom. The Morgan fingerprint density at radius 2 is 1.87 bits per heavy atom. The fraction of sp³-hybridized carbons (Fsp3) is 0.0909. The van der Waals surface area contributed by atoms with Crippen LogP contribution in [0.3, 0.4) is 0 Å². The molecule has 0 unspecified atom stereocenters. The van der Waals surface area contributed by atoms with Crippen LogP contribution in [0.2, 0.25) is 5.15 Å². The lowest BCUT2D eigenvalue weighted by molar-refractivity contribution is 1.17. The summed E-state index contributed by atoms with van der Waals surface area (Å²) in [4.78, 5) is 9.53. The van der Waals surface area contributed by atoms with Gasteiger partial charge in [0.2, 0.25) is 0 Å². The van der Waals surface area contributed by atoms with Crippen molar-refractivity contribution in [2.45, 2.75) is 4.90 Å². The molecule has 0 saturated carbocycles. The molecule has 15 heavy (non-hydrogen) atoms. The molecule has 0 aliphatic rings. The van der Waals surface area contributed by atoms with Crippen molar-refractivity contribution in [1.82, 2.24) is 9.97 Å². The van der Waals surface area contributed by atoms with Gasteiger partial charge in [0.25, 0.3) is 0 Å². The number of rotatable bonds is 2. The van der Waals surface area contributed by atoms with Crippen LogP contribution in [0, 0.1) is 0 Å². The van der Waals surface area contributed by atoms with E-state index in [2.05, 4.69) is 9.97 Å². The highest BCUT2D eigenvalue weighted by Gasteiger charge is 2.01. The normalized spacial score (nSPS) is 10.3. The first-order valence-corrected chi connectivity index (χ1v) is 6.03. The molecule has 0 N–H and O–H groups in total. The molecule has 76 valence electrons. The summed E-state index contributed by atoms with van der Waals surface area (Å²) in [6.45, 7) is 0. The molecule has 0 aliphatic heterocycles. The van der Waals surface area contributed by atoms with Crippen LogP contribution in [0.15, 0.2) is 41.4 Å². The van der Waals surface area contributed by atoms with Gasteiger partial charge in [-0.3, -0.25) is 0 Å². The molecule has 1 aromatic carbocycles. The van der Waals surface area contributed by atoms with E-state index in [-0.39, 0.29) is 0 Å². The molecule has 0 radical (unpaired) electrons. The first-order valence-electron chi connectivity index (χ1n) is 4.42. The smallest absolute Gasteiger partial charge is 0.160 e. The van der Waals surface area contributed by atoms with Crippen molar-refractivity contribution < 1.29 is 0 Å². The SMILES string of the molecule is CSc1ccc(-c2nccc(Cl)n2)cc1. The molecule has 0 spiro atoms. The number of nitrogens with zero attached hydrogens (tertiary/aromatic N) is 2. The molecule has 0 bridgehead atoms. The van der Waals surface area contributed by atoms with Crippen LogP contribution in [-0.4, -0.2) is 16.2 Å². The number of thioether (sulfide) groups is 1. The van der Waals surface area contributed by atoms with Gasteiger partial charge in [-0.2, -0.15) is 0 Å². The van der Waals surface area contributed by atoms with Gasteiger partial charge in [0.15, 0.2) is 5.82 Å². The van der Waals surface area contributed by atoms with Gasteiger partial charge in [-0.15, -0.1) is 11.8 Å². The molecule has 0 atom stereocenters. The number of benzene rings is 1. The quantitative estimate of drug-likeness (QED) is 0.590. The van der Waals surface area contributed by atoms with Gasteiger partial charge >= 0.3 is 0 Å². The third-order valence-electron chi connectivity index (χ3n) is 1.97. The lowest BCUT2D eigenvalue weighted by atomic mass is 10.2. The monoisotopic (exact) mass is 236 g/mol. The molecular weight excluding hydrogens is 228 g/mol. The van der Waals surface area contributed by atoms with Crippen molar-refractivity contribution in [1.29, 1.82) is 0 Å². The predicted molar refractivity (Wildman–Crippen MR) is 64.3 cm³/mol. The van der Waals surface area contributed by atoms with Crippen LogP contribution in [0.5, 0.6) is 0 Å². The third-order valence-corrected chi connectivity index (χ3v) is 2.92. The Hall–Kier alpha value is -1.06. The molecule has 2 nitrogen and oxygen atoms in total. The summed E-state index contributed by atoms with van der Waals surface area (Å²) in [7, 11) is 0. The molecule has 2 aromatic rings. The maximum absolute atomic E-state index is 5.80. The molecule has 2 rings (SSSR count). The minimum absolute atomic E-state index is 0.467.